The van der Waals surface area contributed by atoms with Crippen LogP contribution in [-0.4, -0.2) is 29.0 Å². The van der Waals surface area contributed by atoms with Crippen molar-refractivity contribution < 1.29 is 14.3 Å². The van der Waals surface area contributed by atoms with Gasteiger partial charge in [-0.3, -0.25) is 4.79 Å². The van der Waals surface area contributed by atoms with Crippen LogP contribution in [0.25, 0.3) is 16.9 Å². The van der Waals surface area contributed by atoms with Gasteiger partial charge < -0.3 is 19.2 Å². The number of hydrogen-bond donors (Lipinski definition) is 1. The van der Waals surface area contributed by atoms with Gasteiger partial charge in [-0.15, -0.1) is 0 Å². The topological polar surface area (TPSA) is 64.9 Å². The highest BCUT2D eigenvalue weighted by Gasteiger charge is 2.12. The van der Waals surface area contributed by atoms with Crippen LogP contribution in [0.3, 0.4) is 0 Å². The molecule has 152 valence electrons. The van der Waals surface area contributed by atoms with E-state index in [1.54, 1.807) is 7.11 Å². The van der Waals surface area contributed by atoms with Gasteiger partial charge in [-0.2, -0.15) is 0 Å². The first-order valence-electron chi connectivity index (χ1n) is 9.66. The van der Waals surface area contributed by atoms with Crippen LogP contribution in [0.15, 0.2) is 66.9 Å². The number of rotatable bonds is 6. The van der Waals surface area contributed by atoms with Gasteiger partial charge in [0, 0.05) is 17.5 Å². The lowest BCUT2D eigenvalue weighted by atomic mass is 10.1. The molecule has 6 heteroatoms. The summed E-state index contributed by atoms with van der Waals surface area (Å²) in [5.74, 6) is 1.25. The number of aromatic nitrogens is 2. The number of carbonyl (C=O) groups is 1. The molecule has 0 radical (unpaired) electrons. The summed E-state index contributed by atoms with van der Waals surface area (Å²) in [5.41, 5.74) is 5.53. The summed E-state index contributed by atoms with van der Waals surface area (Å²) in [4.78, 5) is 17.0. The van der Waals surface area contributed by atoms with Crippen LogP contribution in [0, 0.1) is 13.8 Å². The molecule has 0 saturated carbocycles. The van der Waals surface area contributed by atoms with Crippen LogP contribution in [0.1, 0.15) is 11.3 Å². The summed E-state index contributed by atoms with van der Waals surface area (Å²) in [7, 11) is 1.65. The van der Waals surface area contributed by atoms with E-state index in [2.05, 4.69) is 5.32 Å². The Morgan fingerprint density at radius 2 is 1.67 bits per heavy atom. The third-order valence-electron chi connectivity index (χ3n) is 4.90. The van der Waals surface area contributed by atoms with E-state index < -0.39 is 0 Å². The summed E-state index contributed by atoms with van der Waals surface area (Å²) in [6.07, 6.45) is 1.87. The summed E-state index contributed by atoms with van der Waals surface area (Å²) in [6.45, 7) is 3.96. The molecule has 0 aliphatic heterocycles. The lowest BCUT2D eigenvalue weighted by Crippen LogP contribution is -2.20. The van der Waals surface area contributed by atoms with Gasteiger partial charge in [0.2, 0.25) is 0 Å². The van der Waals surface area contributed by atoms with Crippen molar-refractivity contribution in [3.05, 3.63) is 78.1 Å². The number of aryl methyl sites for hydroxylation is 2. The van der Waals surface area contributed by atoms with Gasteiger partial charge in [0.25, 0.3) is 5.91 Å². The van der Waals surface area contributed by atoms with Crippen molar-refractivity contribution in [2.24, 2.45) is 0 Å². The Labute approximate surface area is 175 Å². The summed E-state index contributed by atoms with van der Waals surface area (Å²) in [5, 5.41) is 2.88. The molecule has 0 spiro atoms. The average Bonchev–Trinajstić information content (AvgIpc) is 3.09. The second kappa shape index (κ2) is 8.29. The number of benzene rings is 2. The van der Waals surface area contributed by atoms with E-state index in [4.69, 9.17) is 14.5 Å². The van der Waals surface area contributed by atoms with E-state index in [0.29, 0.717) is 11.4 Å². The number of hydrogen-bond acceptors (Lipinski definition) is 4. The first-order valence-corrected chi connectivity index (χ1v) is 9.66. The number of nitrogens with zero attached hydrogens (tertiary/aromatic N) is 2. The van der Waals surface area contributed by atoms with Crippen molar-refractivity contribution >= 4 is 17.2 Å². The standard InChI is InChI=1S/C24H23N3O3/c1-16-4-9-21(10-5-16)30-15-23(28)25-19-8-13-22-26-24(17(2)27(22)14-19)18-6-11-20(29-3)12-7-18/h4-14H,15H2,1-3H3,(H,25,28). The zero-order valence-electron chi connectivity index (χ0n) is 17.2. The highest BCUT2D eigenvalue weighted by Crippen LogP contribution is 2.26. The van der Waals surface area contributed by atoms with E-state index in [1.807, 2.05) is 85.1 Å². The van der Waals surface area contributed by atoms with Crippen molar-refractivity contribution in [1.82, 2.24) is 9.38 Å². The Hall–Kier alpha value is -3.80. The molecule has 30 heavy (non-hydrogen) atoms. The smallest absolute Gasteiger partial charge is 0.262 e. The number of anilines is 1. The monoisotopic (exact) mass is 401 g/mol. The van der Waals surface area contributed by atoms with E-state index in [0.717, 1.165) is 33.9 Å². The number of fused-ring (bicyclic) bond motifs is 1. The number of carbonyl (C=O) groups excluding carboxylic acids is 1. The molecule has 0 saturated heterocycles. The molecule has 1 N–H and O–H groups in total. The fourth-order valence-electron chi connectivity index (χ4n) is 3.24. The second-order valence-corrected chi connectivity index (χ2v) is 7.07. The van der Waals surface area contributed by atoms with E-state index in [9.17, 15) is 4.79 Å². The molecule has 1 amide bonds. The molecule has 0 bridgehead atoms. The van der Waals surface area contributed by atoms with Crippen molar-refractivity contribution in [1.29, 1.82) is 0 Å². The molecule has 0 unspecified atom stereocenters. The average molecular weight is 401 g/mol. The van der Waals surface area contributed by atoms with Crippen LogP contribution >= 0.6 is 0 Å². The van der Waals surface area contributed by atoms with Gasteiger partial charge in [0.1, 0.15) is 17.1 Å². The molecule has 4 rings (SSSR count). The number of methoxy groups -OCH3 is 1. The van der Waals surface area contributed by atoms with Gasteiger partial charge in [0.05, 0.1) is 18.5 Å². The van der Waals surface area contributed by atoms with Gasteiger partial charge in [-0.05, 0) is 62.4 Å². The highest BCUT2D eigenvalue weighted by atomic mass is 16.5. The summed E-state index contributed by atoms with van der Waals surface area (Å²) in [6, 6.07) is 19.1. The minimum Gasteiger partial charge on any atom is -0.497 e. The molecule has 4 aromatic rings. The number of amides is 1. The predicted octanol–water partition coefficient (Wildman–Crippen LogP) is 4.64. The van der Waals surface area contributed by atoms with Crippen molar-refractivity contribution in [3.8, 4) is 22.8 Å². The molecule has 2 aromatic carbocycles. The molecular weight excluding hydrogens is 378 g/mol. The maximum absolute atomic E-state index is 12.3. The van der Waals surface area contributed by atoms with Crippen LogP contribution in [-0.2, 0) is 4.79 Å². The van der Waals surface area contributed by atoms with Gasteiger partial charge in [-0.25, -0.2) is 4.98 Å². The van der Waals surface area contributed by atoms with Gasteiger partial charge >= 0.3 is 0 Å². The van der Waals surface area contributed by atoms with E-state index in [1.165, 1.54) is 0 Å². The Kier molecular flexibility index (Phi) is 5.39. The molecule has 6 nitrogen and oxygen atoms in total. The Balaban J connectivity index is 1.49. The fourth-order valence-corrected chi connectivity index (χ4v) is 3.24. The van der Waals surface area contributed by atoms with Gasteiger partial charge in [0.15, 0.2) is 6.61 Å². The summed E-state index contributed by atoms with van der Waals surface area (Å²) >= 11 is 0. The zero-order chi connectivity index (χ0) is 21.1. The normalized spacial score (nSPS) is 10.8. The third kappa shape index (κ3) is 4.12. The number of ether oxygens (including phenoxy) is 2. The first-order chi connectivity index (χ1) is 14.5. The Morgan fingerprint density at radius 1 is 0.967 bits per heavy atom. The lowest BCUT2D eigenvalue weighted by molar-refractivity contribution is -0.118. The molecule has 2 aromatic heterocycles. The maximum atomic E-state index is 12.3. The van der Waals surface area contributed by atoms with Gasteiger partial charge in [-0.1, -0.05) is 17.7 Å². The molecule has 0 aliphatic carbocycles. The SMILES string of the molecule is COc1ccc(-c2nc3ccc(NC(=O)COc4ccc(C)cc4)cn3c2C)cc1. The van der Waals surface area contributed by atoms with Crippen LogP contribution in [0.4, 0.5) is 5.69 Å². The predicted molar refractivity (Wildman–Crippen MR) is 117 cm³/mol. The van der Waals surface area contributed by atoms with Crippen LogP contribution < -0.4 is 14.8 Å². The zero-order valence-corrected chi connectivity index (χ0v) is 17.2. The molecule has 0 aliphatic rings. The number of imidazole rings is 1. The number of pyridine rings is 1. The molecule has 0 fully saturated rings. The quantitative estimate of drug-likeness (QED) is 0.511. The van der Waals surface area contributed by atoms with Crippen molar-refractivity contribution in [2.45, 2.75) is 13.8 Å². The minimum atomic E-state index is -0.219. The minimum absolute atomic E-state index is 0.0545. The van der Waals surface area contributed by atoms with Crippen LogP contribution in [0.2, 0.25) is 0 Å². The molecule has 2 heterocycles. The largest absolute Gasteiger partial charge is 0.497 e. The summed E-state index contributed by atoms with van der Waals surface area (Å²) < 4.78 is 12.7. The molecule has 0 atom stereocenters. The Bertz CT molecular complexity index is 1180. The maximum Gasteiger partial charge on any atom is 0.262 e. The molecular formula is C24H23N3O3. The van der Waals surface area contributed by atoms with Crippen LogP contribution in [0.5, 0.6) is 11.5 Å². The Morgan fingerprint density at radius 3 is 2.37 bits per heavy atom. The van der Waals surface area contributed by atoms with Crippen molar-refractivity contribution in [2.75, 3.05) is 19.0 Å². The van der Waals surface area contributed by atoms with Crippen molar-refractivity contribution in [3.63, 3.8) is 0 Å². The first kappa shape index (κ1) is 19.5. The second-order valence-electron chi connectivity index (χ2n) is 7.07. The highest BCUT2D eigenvalue weighted by molar-refractivity contribution is 5.92. The van der Waals surface area contributed by atoms with E-state index in [-0.39, 0.29) is 12.5 Å². The van der Waals surface area contributed by atoms with E-state index >= 15 is 0 Å². The lowest BCUT2D eigenvalue weighted by Gasteiger charge is -2.08. The number of nitrogens with one attached hydrogen (secondary N) is 1. The fraction of sp³-hybridized carbons (Fsp3) is 0.167. The third-order valence-corrected chi connectivity index (χ3v) is 4.90.